The van der Waals surface area contributed by atoms with Crippen LogP contribution in [0.2, 0.25) is 5.02 Å². The lowest BCUT2D eigenvalue weighted by Crippen LogP contribution is -2.22. The molecule has 0 fully saturated rings. The summed E-state index contributed by atoms with van der Waals surface area (Å²) in [5.41, 5.74) is 6.53. The molecule has 3 aromatic rings. The van der Waals surface area contributed by atoms with Crippen molar-refractivity contribution in [3.63, 3.8) is 0 Å². The molecule has 3 N–H and O–H groups in total. The number of anilines is 1. The normalized spacial score (nSPS) is 10.3. The fourth-order valence-electron chi connectivity index (χ4n) is 2.27. The van der Waals surface area contributed by atoms with Gasteiger partial charge in [-0.15, -0.1) is 0 Å². The number of rotatable bonds is 6. The Kier molecular flexibility index (Phi) is 5.14. The van der Waals surface area contributed by atoms with Gasteiger partial charge >= 0.3 is 0 Å². The number of ether oxygens (including phenoxy) is 1. The van der Waals surface area contributed by atoms with Gasteiger partial charge in [-0.25, -0.2) is 9.67 Å². The molecule has 0 bridgehead atoms. The van der Waals surface area contributed by atoms with E-state index in [4.69, 9.17) is 22.1 Å². The molecule has 0 atom stereocenters. The zero-order valence-electron chi connectivity index (χ0n) is 13.4. The van der Waals surface area contributed by atoms with Crippen molar-refractivity contribution in [3.05, 3.63) is 65.7 Å². The van der Waals surface area contributed by atoms with Gasteiger partial charge in [0.1, 0.15) is 18.4 Å². The number of amides is 2. The Labute approximate surface area is 153 Å². The van der Waals surface area contributed by atoms with Crippen LogP contribution in [-0.4, -0.2) is 33.2 Å². The van der Waals surface area contributed by atoms with Crippen LogP contribution in [-0.2, 0) is 4.79 Å². The van der Waals surface area contributed by atoms with Gasteiger partial charge in [-0.2, -0.15) is 5.10 Å². The van der Waals surface area contributed by atoms with Crippen LogP contribution >= 0.6 is 11.6 Å². The first-order valence-corrected chi connectivity index (χ1v) is 7.88. The molecule has 1 aromatic heterocycles. The third kappa shape index (κ3) is 3.98. The van der Waals surface area contributed by atoms with Crippen LogP contribution in [0.3, 0.4) is 0 Å². The van der Waals surface area contributed by atoms with E-state index in [2.05, 4.69) is 15.4 Å². The zero-order chi connectivity index (χ0) is 18.5. The number of benzene rings is 2. The van der Waals surface area contributed by atoms with Crippen molar-refractivity contribution in [2.24, 2.45) is 5.73 Å². The van der Waals surface area contributed by atoms with Crippen molar-refractivity contribution in [1.82, 2.24) is 14.8 Å². The van der Waals surface area contributed by atoms with Crippen LogP contribution in [0.15, 0.2) is 55.1 Å². The predicted octanol–water partition coefficient (Wildman–Crippen LogP) is 2.04. The first-order valence-electron chi connectivity index (χ1n) is 7.50. The second-order valence-electron chi connectivity index (χ2n) is 5.20. The van der Waals surface area contributed by atoms with E-state index in [9.17, 15) is 9.59 Å². The summed E-state index contributed by atoms with van der Waals surface area (Å²) in [6.07, 6.45) is 2.88. The molecular formula is C17H14ClN5O3. The highest BCUT2D eigenvalue weighted by Crippen LogP contribution is 2.24. The van der Waals surface area contributed by atoms with Crippen molar-refractivity contribution in [1.29, 1.82) is 0 Å². The minimum absolute atomic E-state index is 0.200. The lowest BCUT2D eigenvalue weighted by molar-refractivity contribution is -0.118. The molecule has 2 aromatic carbocycles. The molecular weight excluding hydrogens is 358 g/mol. The smallest absolute Gasteiger partial charge is 0.262 e. The maximum atomic E-state index is 12.3. The summed E-state index contributed by atoms with van der Waals surface area (Å²) in [4.78, 5) is 27.5. The third-order valence-corrected chi connectivity index (χ3v) is 3.64. The van der Waals surface area contributed by atoms with Crippen LogP contribution in [0.25, 0.3) is 5.69 Å². The first-order chi connectivity index (χ1) is 12.5. The maximum Gasteiger partial charge on any atom is 0.262 e. The van der Waals surface area contributed by atoms with Gasteiger partial charge in [-0.1, -0.05) is 23.7 Å². The monoisotopic (exact) mass is 371 g/mol. The van der Waals surface area contributed by atoms with Crippen molar-refractivity contribution < 1.29 is 14.3 Å². The minimum atomic E-state index is -0.635. The Bertz CT molecular complexity index is 943. The molecule has 0 saturated carbocycles. The van der Waals surface area contributed by atoms with E-state index in [1.165, 1.54) is 23.4 Å². The highest BCUT2D eigenvalue weighted by molar-refractivity contribution is 6.31. The van der Waals surface area contributed by atoms with E-state index in [1.807, 2.05) is 0 Å². The summed E-state index contributed by atoms with van der Waals surface area (Å²) in [5, 5.41) is 7.19. The number of carbonyl (C=O) groups is 2. The van der Waals surface area contributed by atoms with E-state index in [0.717, 1.165) is 0 Å². The van der Waals surface area contributed by atoms with Crippen LogP contribution in [0.5, 0.6) is 5.75 Å². The summed E-state index contributed by atoms with van der Waals surface area (Å²) in [6.45, 7) is -0.312. The van der Waals surface area contributed by atoms with Crippen molar-refractivity contribution >= 4 is 29.1 Å². The molecule has 3 rings (SSSR count). The molecule has 132 valence electrons. The molecule has 2 amide bonds. The van der Waals surface area contributed by atoms with Gasteiger partial charge < -0.3 is 15.8 Å². The highest BCUT2D eigenvalue weighted by atomic mass is 35.5. The Morgan fingerprint density at radius 3 is 2.77 bits per heavy atom. The molecule has 0 spiro atoms. The molecule has 0 aliphatic rings. The Balaban J connectivity index is 1.73. The van der Waals surface area contributed by atoms with Crippen LogP contribution < -0.4 is 15.8 Å². The molecule has 0 aliphatic heterocycles. The van der Waals surface area contributed by atoms with Crippen LogP contribution in [0.4, 0.5) is 5.69 Å². The molecule has 0 saturated heterocycles. The number of para-hydroxylation sites is 1. The molecule has 26 heavy (non-hydrogen) atoms. The van der Waals surface area contributed by atoms with Crippen molar-refractivity contribution in [2.45, 2.75) is 0 Å². The minimum Gasteiger partial charge on any atom is -0.483 e. The number of nitrogens with two attached hydrogens (primary N) is 1. The second kappa shape index (κ2) is 7.66. The third-order valence-electron chi connectivity index (χ3n) is 3.41. The topological polar surface area (TPSA) is 112 Å². The SMILES string of the molecule is NC(=O)c1ccccc1OCC(=O)Nc1cc(Cl)ccc1-n1cncn1. The molecule has 0 unspecified atom stereocenters. The number of primary amides is 1. The molecule has 8 nitrogen and oxygen atoms in total. The van der Waals surface area contributed by atoms with E-state index >= 15 is 0 Å². The van der Waals surface area contributed by atoms with Crippen LogP contribution in [0, 0.1) is 0 Å². The number of carbonyl (C=O) groups excluding carboxylic acids is 2. The summed E-state index contributed by atoms with van der Waals surface area (Å²) in [5.74, 6) is -0.838. The van der Waals surface area contributed by atoms with Gasteiger partial charge in [-0.3, -0.25) is 9.59 Å². The van der Waals surface area contributed by atoms with Gasteiger partial charge in [0.2, 0.25) is 0 Å². The quantitative estimate of drug-likeness (QED) is 0.688. The standard InChI is InChI=1S/C17H14ClN5O3/c18-11-5-6-14(23-10-20-9-21-23)13(7-11)22-16(24)8-26-15-4-2-1-3-12(15)17(19)25/h1-7,9-10H,8H2,(H2,19,25)(H,22,24). The van der Waals surface area contributed by atoms with Crippen LogP contribution in [0.1, 0.15) is 10.4 Å². The average molecular weight is 372 g/mol. The Morgan fingerprint density at radius 2 is 2.04 bits per heavy atom. The molecule has 1 heterocycles. The van der Waals surface area contributed by atoms with Gasteiger partial charge in [0.25, 0.3) is 11.8 Å². The van der Waals surface area contributed by atoms with E-state index in [1.54, 1.807) is 36.4 Å². The van der Waals surface area contributed by atoms with Crippen molar-refractivity contribution in [3.8, 4) is 11.4 Å². The second-order valence-corrected chi connectivity index (χ2v) is 5.64. The fraction of sp³-hybridized carbons (Fsp3) is 0.0588. The molecule has 0 radical (unpaired) electrons. The van der Waals surface area contributed by atoms with Gasteiger partial charge in [-0.05, 0) is 30.3 Å². The average Bonchev–Trinajstić information content (AvgIpc) is 3.14. The van der Waals surface area contributed by atoms with Gasteiger partial charge in [0.15, 0.2) is 6.61 Å². The zero-order valence-corrected chi connectivity index (χ0v) is 14.2. The highest BCUT2D eigenvalue weighted by Gasteiger charge is 2.13. The van der Waals surface area contributed by atoms with E-state index < -0.39 is 11.8 Å². The summed E-state index contributed by atoms with van der Waals surface area (Å²) < 4.78 is 6.91. The number of halogens is 1. The van der Waals surface area contributed by atoms with E-state index in [-0.39, 0.29) is 17.9 Å². The number of aromatic nitrogens is 3. The molecule has 0 aliphatic carbocycles. The Morgan fingerprint density at radius 1 is 1.23 bits per heavy atom. The number of nitrogens with one attached hydrogen (secondary N) is 1. The summed E-state index contributed by atoms with van der Waals surface area (Å²) in [7, 11) is 0. The van der Waals surface area contributed by atoms with Gasteiger partial charge in [0, 0.05) is 5.02 Å². The predicted molar refractivity (Wildman–Crippen MR) is 95.5 cm³/mol. The molecule has 9 heteroatoms. The first kappa shape index (κ1) is 17.4. The number of hydrogen-bond donors (Lipinski definition) is 2. The van der Waals surface area contributed by atoms with Crippen molar-refractivity contribution in [2.75, 3.05) is 11.9 Å². The fourth-order valence-corrected chi connectivity index (χ4v) is 2.44. The lowest BCUT2D eigenvalue weighted by atomic mass is 10.2. The largest absolute Gasteiger partial charge is 0.483 e. The Hall–Kier alpha value is -3.39. The summed E-state index contributed by atoms with van der Waals surface area (Å²) in [6, 6.07) is 11.4. The number of nitrogens with zero attached hydrogens (tertiary/aromatic N) is 3. The van der Waals surface area contributed by atoms with Gasteiger partial charge in [0.05, 0.1) is 16.9 Å². The maximum absolute atomic E-state index is 12.3. The van der Waals surface area contributed by atoms with E-state index in [0.29, 0.717) is 16.4 Å². The lowest BCUT2D eigenvalue weighted by Gasteiger charge is -2.13. The summed E-state index contributed by atoms with van der Waals surface area (Å²) >= 11 is 6.01. The number of hydrogen-bond acceptors (Lipinski definition) is 5.